The number of carbonyl (C=O) groups is 1. The van der Waals surface area contributed by atoms with Gasteiger partial charge < -0.3 is 4.90 Å². The summed E-state index contributed by atoms with van der Waals surface area (Å²) in [5, 5.41) is 1.99. The molecule has 8 nitrogen and oxygen atoms in total. The maximum atomic E-state index is 12.9. The molecule has 1 atom stereocenters. The number of carbonyl (C=O) groups excluding carboxylic acids is 1. The summed E-state index contributed by atoms with van der Waals surface area (Å²) in [7, 11) is -3.73. The van der Waals surface area contributed by atoms with E-state index < -0.39 is 10.0 Å². The summed E-state index contributed by atoms with van der Waals surface area (Å²) in [5.41, 5.74) is 0.472. The SMILES string of the molecule is O=C(c1ccc(S(=O)(=O)Nc2nccs2)cc1)N1CCCC(Cc2ncccn2)C1. The monoisotopic (exact) mass is 443 g/mol. The molecule has 3 heterocycles. The van der Waals surface area contributed by atoms with Crippen LogP contribution in [0, 0.1) is 5.92 Å². The maximum absolute atomic E-state index is 12.9. The summed E-state index contributed by atoms with van der Waals surface area (Å²) in [6, 6.07) is 7.80. The van der Waals surface area contributed by atoms with Gasteiger partial charge in [-0.3, -0.25) is 9.52 Å². The summed E-state index contributed by atoms with van der Waals surface area (Å²) in [5.74, 6) is 1.01. The van der Waals surface area contributed by atoms with Crippen molar-refractivity contribution >= 4 is 32.4 Å². The second-order valence-electron chi connectivity index (χ2n) is 7.10. The van der Waals surface area contributed by atoms with Crippen LogP contribution in [0.15, 0.2) is 59.2 Å². The molecular formula is C20H21N5O3S2. The van der Waals surface area contributed by atoms with Crippen LogP contribution in [0.5, 0.6) is 0 Å². The van der Waals surface area contributed by atoms with Crippen molar-refractivity contribution in [1.82, 2.24) is 19.9 Å². The van der Waals surface area contributed by atoms with E-state index in [2.05, 4.69) is 19.7 Å². The fourth-order valence-electron chi connectivity index (χ4n) is 3.52. The Morgan fingerprint density at radius 3 is 2.60 bits per heavy atom. The van der Waals surface area contributed by atoms with E-state index in [0.29, 0.717) is 29.7 Å². The van der Waals surface area contributed by atoms with Gasteiger partial charge in [-0.1, -0.05) is 0 Å². The van der Waals surface area contributed by atoms with E-state index in [1.165, 1.54) is 29.7 Å². The topological polar surface area (TPSA) is 105 Å². The summed E-state index contributed by atoms with van der Waals surface area (Å²) in [6.07, 6.45) is 7.68. The van der Waals surface area contributed by atoms with Gasteiger partial charge in [-0.05, 0) is 49.1 Å². The number of benzene rings is 1. The first kappa shape index (κ1) is 20.4. The minimum absolute atomic E-state index is 0.0898. The summed E-state index contributed by atoms with van der Waals surface area (Å²) < 4.78 is 27.3. The third-order valence-electron chi connectivity index (χ3n) is 4.96. The number of thiazole rings is 1. The number of anilines is 1. The lowest BCUT2D eigenvalue weighted by molar-refractivity contribution is 0.0672. The normalized spacial score (nSPS) is 16.9. The van der Waals surface area contributed by atoms with E-state index >= 15 is 0 Å². The van der Waals surface area contributed by atoms with Crippen molar-refractivity contribution in [2.75, 3.05) is 17.8 Å². The Kier molecular flexibility index (Phi) is 6.05. The Bertz CT molecular complexity index is 1090. The molecule has 3 aromatic rings. The molecular weight excluding hydrogens is 422 g/mol. The quantitative estimate of drug-likeness (QED) is 0.628. The number of nitrogens with one attached hydrogen (secondary N) is 1. The average molecular weight is 444 g/mol. The van der Waals surface area contributed by atoms with Crippen molar-refractivity contribution in [2.24, 2.45) is 5.92 Å². The molecule has 2 aromatic heterocycles. The van der Waals surface area contributed by atoms with Gasteiger partial charge in [0.1, 0.15) is 5.82 Å². The highest BCUT2D eigenvalue weighted by Gasteiger charge is 2.25. The predicted molar refractivity (Wildman–Crippen MR) is 114 cm³/mol. The van der Waals surface area contributed by atoms with E-state index in [1.807, 2.05) is 4.90 Å². The summed E-state index contributed by atoms with van der Waals surface area (Å²) in [4.78, 5) is 27.3. The van der Waals surface area contributed by atoms with E-state index in [-0.39, 0.29) is 10.8 Å². The van der Waals surface area contributed by atoms with Crippen LogP contribution in [0.3, 0.4) is 0 Å². The van der Waals surface area contributed by atoms with Crippen molar-refractivity contribution in [2.45, 2.75) is 24.2 Å². The van der Waals surface area contributed by atoms with Gasteiger partial charge in [0.2, 0.25) is 0 Å². The molecule has 0 spiro atoms. The molecule has 156 valence electrons. The van der Waals surface area contributed by atoms with Crippen LogP contribution in [0.1, 0.15) is 29.0 Å². The smallest absolute Gasteiger partial charge is 0.263 e. The highest BCUT2D eigenvalue weighted by atomic mass is 32.2. The molecule has 0 radical (unpaired) electrons. The van der Waals surface area contributed by atoms with Crippen molar-refractivity contribution < 1.29 is 13.2 Å². The van der Waals surface area contributed by atoms with Gasteiger partial charge in [-0.25, -0.2) is 23.4 Å². The number of rotatable bonds is 6. The molecule has 1 aliphatic rings. The number of amides is 1. The lowest BCUT2D eigenvalue weighted by Gasteiger charge is -2.32. The minimum atomic E-state index is -3.73. The van der Waals surface area contributed by atoms with Crippen molar-refractivity contribution in [3.63, 3.8) is 0 Å². The zero-order valence-electron chi connectivity index (χ0n) is 16.1. The standard InChI is InChI=1S/C20H21N5O3S2/c26-19(25-11-1-3-15(14-25)13-18-21-8-2-9-22-18)16-4-6-17(7-5-16)30(27,28)24-20-23-10-12-29-20/h2,4-10,12,15H,1,3,11,13-14H2,(H,23,24). The highest BCUT2D eigenvalue weighted by molar-refractivity contribution is 7.93. The van der Waals surface area contributed by atoms with Crippen LogP contribution >= 0.6 is 11.3 Å². The van der Waals surface area contributed by atoms with Crippen molar-refractivity contribution in [1.29, 1.82) is 0 Å². The fraction of sp³-hybridized carbons (Fsp3) is 0.300. The number of nitrogens with zero attached hydrogens (tertiary/aromatic N) is 4. The van der Waals surface area contributed by atoms with E-state index in [4.69, 9.17) is 0 Å². The van der Waals surface area contributed by atoms with Crippen LogP contribution < -0.4 is 4.72 Å². The molecule has 1 unspecified atom stereocenters. The zero-order chi connectivity index (χ0) is 21.0. The molecule has 0 aliphatic carbocycles. The summed E-state index contributed by atoms with van der Waals surface area (Å²) in [6.45, 7) is 1.33. The number of hydrogen-bond donors (Lipinski definition) is 1. The second kappa shape index (κ2) is 8.88. The highest BCUT2D eigenvalue weighted by Crippen LogP contribution is 2.22. The zero-order valence-corrected chi connectivity index (χ0v) is 17.8. The second-order valence-corrected chi connectivity index (χ2v) is 9.67. The summed E-state index contributed by atoms with van der Waals surface area (Å²) >= 11 is 1.20. The molecule has 0 saturated carbocycles. The van der Waals surface area contributed by atoms with Gasteiger partial charge in [0, 0.05) is 49.0 Å². The average Bonchev–Trinajstić information content (AvgIpc) is 3.26. The minimum Gasteiger partial charge on any atom is -0.338 e. The van der Waals surface area contributed by atoms with Gasteiger partial charge in [-0.15, -0.1) is 11.3 Å². The van der Waals surface area contributed by atoms with Crippen LogP contribution in [0.25, 0.3) is 0 Å². The van der Waals surface area contributed by atoms with Crippen molar-refractivity contribution in [3.05, 3.63) is 65.7 Å². The predicted octanol–water partition coefficient (Wildman–Crippen LogP) is 2.83. The third-order valence-corrected chi connectivity index (χ3v) is 7.13. The lowest BCUT2D eigenvalue weighted by Crippen LogP contribution is -2.40. The molecule has 1 aliphatic heterocycles. The van der Waals surface area contributed by atoms with Crippen LogP contribution in [-0.4, -0.2) is 47.3 Å². The van der Waals surface area contributed by atoms with Gasteiger partial charge in [0.25, 0.3) is 15.9 Å². The largest absolute Gasteiger partial charge is 0.338 e. The third kappa shape index (κ3) is 4.82. The fourth-order valence-corrected chi connectivity index (χ4v) is 5.31. The number of likely N-dealkylation sites (tertiary alicyclic amines) is 1. The van der Waals surface area contributed by atoms with E-state index in [1.54, 1.807) is 36.0 Å². The van der Waals surface area contributed by atoms with Crippen molar-refractivity contribution in [3.8, 4) is 0 Å². The molecule has 1 aromatic carbocycles. The first-order valence-corrected chi connectivity index (χ1v) is 11.9. The molecule has 1 N–H and O–H groups in total. The molecule has 1 amide bonds. The number of hydrogen-bond acceptors (Lipinski definition) is 7. The van der Waals surface area contributed by atoms with Gasteiger partial charge in [-0.2, -0.15) is 0 Å². The lowest BCUT2D eigenvalue weighted by atomic mass is 9.94. The van der Waals surface area contributed by atoms with E-state index in [9.17, 15) is 13.2 Å². The van der Waals surface area contributed by atoms with Gasteiger partial charge in [0.05, 0.1) is 4.90 Å². The first-order valence-electron chi connectivity index (χ1n) is 9.59. The molecule has 0 bridgehead atoms. The van der Waals surface area contributed by atoms with E-state index in [0.717, 1.165) is 25.1 Å². The Labute approximate surface area is 179 Å². The molecule has 1 fully saturated rings. The van der Waals surface area contributed by atoms with Gasteiger partial charge in [0.15, 0.2) is 5.13 Å². The Hall–Kier alpha value is -2.85. The number of aromatic nitrogens is 3. The number of piperidine rings is 1. The Morgan fingerprint density at radius 2 is 1.90 bits per heavy atom. The molecule has 4 rings (SSSR count). The Morgan fingerprint density at radius 1 is 1.13 bits per heavy atom. The first-order chi connectivity index (χ1) is 14.5. The number of sulfonamides is 1. The molecule has 10 heteroatoms. The molecule has 1 saturated heterocycles. The van der Waals surface area contributed by atoms with Crippen LogP contribution in [0.2, 0.25) is 0 Å². The van der Waals surface area contributed by atoms with Crippen LogP contribution in [-0.2, 0) is 16.4 Å². The molecule has 30 heavy (non-hydrogen) atoms. The van der Waals surface area contributed by atoms with Gasteiger partial charge >= 0.3 is 0 Å². The van der Waals surface area contributed by atoms with Crippen LogP contribution in [0.4, 0.5) is 5.13 Å². The Balaban J connectivity index is 1.41. The maximum Gasteiger partial charge on any atom is 0.263 e.